The first-order valence-corrected chi connectivity index (χ1v) is 5.47. The van der Waals surface area contributed by atoms with Gasteiger partial charge < -0.3 is 4.74 Å². The zero-order valence-corrected chi connectivity index (χ0v) is 9.58. The molecule has 0 aliphatic rings. The third-order valence-electron chi connectivity index (χ3n) is 2.28. The zero-order chi connectivity index (χ0) is 10.8. The van der Waals surface area contributed by atoms with Crippen LogP contribution in [0.3, 0.4) is 0 Å². The van der Waals surface area contributed by atoms with Crippen LogP contribution < -0.4 is 0 Å². The maximum absolute atomic E-state index is 11.6. The predicted molar refractivity (Wildman–Crippen MR) is 59.3 cm³/mol. The Labute approximate surface area is 87.3 Å². The highest BCUT2D eigenvalue weighted by Gasteiger charge is 2.14. The summed E-state index contributed by atoms with van der Waals surface area (Å²) in [6.07, 6.45) is 6.82. The third-order valence-corrected chi connectivity index (χ3v) is 2.28. The SMILES string of the molecule is C/C=C/COCC(=O)C(CC)CCC. The third kappa shape index (κ3) is 5.92. The minimum Gasteiger partial charge on any atom is -0.370 e. The average Bonchev–Trinajstić information content (AvgIpc) is 2.20. The molecule has 82 valence electrons. The molecular weight excluding hydrogens is 176 g/mol. The molecule has 0 aliphatic heterocycles. The molecule has 0 amide bonds. The second-order valence-corrected chi connectivity index (χ2v) is 3.44. The molecule has 0 bridgehead atoms. The fourth-order valence-corrected chi connectivity index (χ4v) is 1.38. The molecule has 0 rings (SSSR count). The highest BCUT2D eigenvalue weighted by Crippen LogP contribution is 2.11. The number of ether oxygens (including phenoxy) is 1. The van der Waals surface area contributed by atoms with E-state index in [0.29, 0.717) is 6.61 Å². The summed E-state index contributed by atoms with van der Waals surface area (Å²) in [5, 5.41) is 0. The van der Waals surface area contributed by atoms with E-state index in [1.165, 1.54) is 0 Å². The van der Waals surface area contributed by atoms with E-state index in [4.69, 9.17) is 4.74 Å². The zero-order valence-electron chi connectivity index (χ0n) is 9.58. The van der Waals surface area contributed by atoms with E-state index in [2.05, 4.69) is 13.8 Å². The first-order valence-electron chi connectivity index (χ1n) is 5.47. The first-order chi connectivity index (χ1) is 6.76. The van der Waals surface area contributed by atoms with Crippen LogP contribution in [-0.4, -0.2) is 19.0 Å². The number of rotatable bonds is 8. The lowest BCUT2D eigenvalue weighted by Gasteiger charge is -2.11. The monoisotopic (exact) mass is 198 g/mol. The molecule has 1 unspecified atom stereocenters. The largest absolute Gasteiger partial charge is 0.370 e. The van der Waals surface area contributed by atoms with Crippen molar-refractivity contribution in [1.82, 2.24) is 0 Å². The molecule has 0 radical (unpaired) electrons. The molecule has 0 saturated heterocycles. The molecular formula is C12H22O2. The van der Waals surface area contributed by atoms with Gasteiger partial charge in [0.1, 0.15) is 6.61 Å². The van der Waals surface area contributed by atoms with Gasteiger partial charge in [-0.25, -0.2) is 0 Å². The van der Waals surface area contributed by atoms with E-state index in [0.717, 1.165) is 19.3 Å². The normalized spacial score (nSPS) is 13.4. The molecule has 1 atom stereocenters. The van der Waals surface area contributed by atoms with Gasteiger partial charge >= 0.3 is 0 Å². The number of carbonyl (C=O) groups is 1. The van der Waals surface area contributed by atoms with E-state index in [1.807, 2.05) is 19.1 Å². The van der Waals surface area contributed by atoms with Gasteiger partial charge in [-0.15, -0.1) is 0 Å². The second kappa shape index (κ2) is 8.95. The maximum atomic E-state index is 11.6. The van der Waals surface area contributed by atoms with Gasteiger partial charge in [-0.05, 0) is 19.8 Å². The molecule has 0 aliphatic carbocycles. The Kier molecular flexibility index (Phi) is 8.54. The molecule has 0 N–H and O–H groups in total. The average molecular weight is 198 g/mol. The molecule has 2 nitrogen and oxygen atoms in total. The summed E-state index contributed by atoms with van der Waals surface area (Å²) in [5.74, 6) is 0.449. The number of hydrogen-bond donors (Lipinski definition) is 0. The van der Waals surface area contributed by atoms with Crippen LogP contribution in [0.5, 0.6) is 0 Å². The number of carbonyl (C=O) groups excluding carboxylic acids is 1. The standard InChI is InChI=1S/C12H22O2/c1-4-7-9-14-10-12(13)11(6-3)8-5-2/h4,7,11H,5-6,8-10H2,1-3H3/b7-4+. The summed E-state index contributed by atoms with van der Waals surface area (Å²) in [5.41, 5.74) is 0. The van der Waals surface area contributed by atoms with Gasteiger partial charge in [0, 0.05) is 5.92 Å². The van der Waals surface area contributed by atoms with Crippen LogP contribution in [0.1, 0.15) is 40.0 Å². The molecule has 0 fully saturated rings. The molecule has 0 aromatic carbocycles. The van der Waals surface area contributed by atoms with Crippen LogP contribution in [0, 0.1) is 5.92 Å². The van der Waals surface area contributed by atoms with Gasteiger partial charge in [-0.1, -0.05) is 32.4 Å². The Morgan fingerprint density at radius 2 is 2.14 bits per heavy atom. The Morgan fingerprint density at radius 1 is 1.43 bits per heavy atom. The fraction of sp³-hybridized carbons (Fsp3) is 0.750. The minimum absolute atomic E-state index is 0.200. The van der Waals surface area contributed by atoms with Crippen molar-refractivity contribution in [2.75, 3.05) is 13.2 Å². The van der Waals surface area contributed by atoms with E-state index in [9.17, 15) is 4.79 Å². The Bertz CT molecular complexity index is 173. The van der Waals surface area contributed by atoms with Crippen molar-refractivity contribution < 1.29 is 9.53 Å². The topological polar surface area (TPSA) is 26.3 Å². The van der Waals surface area contributed by atoms with Crippen LogP contribution in [0.25, 0.3) is 0 Å². The fourth-order valence-electron chi connectivity index (χ4n) is 1.38. The van der Waals surface area contributed by atoms with E-state index >= 15 is 0 Å². The van der Waals surface area contributed by atoms with E-state index in [-0.39, 0.29) is 18.3 Å². The summed E-state index contributed by atoms with van der Waals surface area (Å²) in [4.78, 5) is 11.6. The van der Waals surface area contributed by atoms with Crippen LogP contribution >= 0.6 is 0 Å². The molecule has 0 aromatic rings. The van der Waals surface area contributed by atoms with E-state index in [1.54, 1.807) is 0 Å². The smallest absolute Gasteiger partial charge is 0.161 e. The van der Waals surface area contributed by atoms with Crippen molar-refractivity contribution in [1.29, 1.82) is 0 Å². The van der Waals surface area contributed by atoms with Crippen molar-refractivity contribution in [3.05, 3.63) is 12.2 Å². The van der Waals surface area contributed by atoms with Gasteiger partial charge in [0.15, 0.2) is 5.78 Å². The van der Waals surface area contributed by atoms with Crippen LogP contribution in [0.2, 0.25) is 0 Å². The second-order valence-electron chi connectivity index (χ2n) is 3.44. The van der Waals surface area contributed by atoms with Crippen molar-refractivity contribution in [2.45, 2.75) is 40.0 Å². The molecule has 0 spiro atoms. The highest BCUT2D eigenvalue weighted by molar-refractivity contribution is 5.82. The summed E-state index contributed by atoms with van der Waals surface area (Å²) in [6, 6.07) is 0. The van der Waals surface area contributed by atoms with Gasteiger partial charge in [-0.3, -0.25) is 4.79 Å². The van der Waals surface area contributed by atoms with Crippen LogP contribution in [0.15, 0.2) is 12.2 Å². The lowest BCUT2D eigenvalue weighted by atomic mass is 9.96. The summed E-state index contributed by atoms with van der Waals surface area (Å²) in [7, 11) is 0. The van der Waals surface area contributed by atoms with E-state index < -0.39 is 0 Å². The van der Waals surface area contributed by atoms with Gasteiger partial charge in [-0.2, -0.15) is 0 Å². The number of hydrogen-bond acceptors (Lipinski definition) is 2. The lowest BCUT2D eigenvalue weighted by Crippen LogP contribution is -2.19. The Morgan fingerprint density at radius 3 is 2.64 bits per heavy atom. The van der Waals surface area contributed by atoms with Crippen LogP contribution in [-0.2, 0) is 9.53 Å². The minimum atomic E-state index is 0.200. The van der Waals surface area contributed by atoms with Crippen molar-refractivity contribution in [2.24, 2.45) is 5.92 Å². The van der Waals surface area contributed by atoms with Crippen molar-refractivity contribution in [3.63, 3.8) is 0 Å². The Hall–Kier alpha value is -0.630. The number of Topliss-reactive ketones (excluding diaryl/α,β-unsaturated/α-hetero) is 1. The molecule has 14 heavy (non-hydrogen) atoms. The van der Waals surface area contributed by atoms with Crippen molar-refractivity contribution >= 4 is 5.78 Å². The maximum Gasteiger partial charge on any atom is 0.161 e. The highest BCUT2D eigenvalue weighted by atomic mass is 16.5. The number of allylic oxidation sites excluding steroid dienone is 1. The lowest BCUT2D eigenvalue weighted by molar-refractivity contribution is -0.127. The quantitative estimate of drug-likeness (QED) is 0.443. The summed E-state index contributed by atoms with van der Waals surface area (Å²) in [6.45, 7) is 6.92. The molecule has 0 aromatic heterocycles. The summed E-state index contributed by atoms with van der Waals surface area (Å²) >= 11 is 0. The van der Waals surface area contributed by atoms with Gasteiger partial charge in [0.25, 0.3) is 0 Å². The molecule has 0 saturated carbocycles. The summed E-state index contributed by atoms with van der Waals surface area (Å²) < 4.78 is 5.23. The predicted octanol–water partition coefficient (Wildman–Crippen LogP) is 2.97. The molecule has 0 heterocycles. The van der Waals surface area contributed by atoms with Crippen molar-refractivity contribution in [3.8, 4) is 0 Å². The number of ketones is 1. The first kappa shape index (κ1) is 13.4. The molecule has 2 heteroatoms. The van der Waals surface area contributed by atoms with Gasteiger partial charge in [0.05, 0.1) is 6.61 Å². The van der Waals surface area contributed by atoms with Gasteiger partial charge in [0.2, 0.25) is 0 Å². The van der Waals surface area contributed by atoms with Crippen LogP contribution in [0.4, 0.5) is 0 Å². The Balaban J connectivity index is 3.69.